The molecule has 0 radical (unpaired) electrons. The Bertz CT molecular complexity index is 671. The van der Waals surface area contributed by atoms with Gasteiger partial charge in [-0.2, -0.15) is 0 Å². The van der Waals surface area contributed by atoms with Crippen LogP contribution in [0.1, 0.15) is 12.0 Å². The quantitative estimate of drug-likeness (QED) is 0.680. The molecule has 0 fully saturated rings. The summed E-state index contributed by atoms with van der Waals surface area (Å²) in [7, 11) is 1.52. The number of ether oxygens (including phenoxy) is 2. The Kier molecular flexibility index (Phi) is 12.0. The molecule has 0 saturated heterocycles. The van der Waals surface area contributed by atoms with E-state index in [9.17, 15) is 4.79 Å². The topological polar surface area (TPSA) is 86.5 Å². The third-order valence-electron chi connectivity index (χ3n) is 3.34. The summed E-state index contributed by atoms with van der Waals surface area (Å²) in [4.78, 5) is 15.9. The Balaban J connectivity index is 0.00000312. The standard InChI is InChI=1S/C17H20ClN3O3.2ClH/c1-23-14(9-19)8-17(22)21-13-4-5-16(15(18)7-13)24-11-12-3-2-6-20-10-12;;/h2-7,10,14H,8-9,11,19H2,1H3,(H,21,22);2*1H. The van der Waals surface area contributed by atoms with E-state index in [1.807, 2.05) is 12.1 Å². The Morgan fingerprint density at radius 3 is 2.69 bits per heavy atom. The van der Waals surface area contributed by atoms with Gasteiger partial charge in [0.05, 0.1) is 17.5 Å². The number of anilines is 1. The van der Waals surface area contributed by atoms with E-state index >= 15 is 0 Å². The van der Waals surface area contributed by atoms with Crippen molar-refractivity contribution in [3.63, 3.8) is 0 Å². The maximum atomic E-state index is 11.9. The lowest BCUT2D eigenvalue weighted by Gasteiger charge is -2.13. The van der Waals surface area contributed by atoms with Crippen molar-refractivity contribution in [1.29, 1.82) is 0 Å². The largest absolute Gasteiger partial charge is 0.487 e. The molecule has 6 nitrogen and oxygen atoms in total. The van der Waals surface area contributed by atoms with Crippen LogP contribution >= 0.6 is 36.4 Å². The smallest absolute Gasteiger partial charge is 0.227 e. The first-order chi connectivity index (χ1) is 11.6. The molecule has 1 aromatic heterocycles. The highest BCUT2D eigenvalue weighted by atomic mass is 35.5. The van der Waals surface area contributed by atoms with Crippen LogP contribution in [0.25, 0.3) is 0 Å². The SMILES string of the molecule is COC(CN)CC(=O)Nc1ccc(OCc2cccnc2)c(Cl)c1.Cl.Cl. The zero-order valence-electron chi connectivity index (χ0n) is 14.2. The first-order valence-electron chi connectivity index (χ1n) is 7.46. The van der Waals surface area contributed by atoms with E-state index in [1.54, 1.807) is 30.6 Å². The van der Waals surface area contributed by atoms with Crippen molar-refractivity contribution in [2.45, 2.75) is 19.1 Å². The average molecular weight is 423 g/mol. The number of carbonyl (C=O) groups is 1. The molecule has 0 aliphatic heterocycles. The summed E-state index contributed by atoms with van der Waals surface area (Å²) in [5.41, 5.74) is 7.03. The van der Waals surface area contributed by atoms with E-state index in [0.717, 1.165) is 5.56 Å². The van der Waals surface area contributed by atoms with Gasteiger partial charge < -0.3 is 20.5 Å². The van der Waals surface area contributed by atoms with Crippen LogP contribution in [0, 0.1) is 0 Å². The lowest BCUT2D eigenvalue weighted by atomic mass is 10.2. The predicted molar refractivity (Wildman–Crippen MR) is 108 cm³/mol. The van der Waals surface area contributed by atoms with Gasteiger partial charge in [0.15, 0.2) is 0 Å². The fraction of sp³-hybridized carbons (Fsp3) is 0.294. The number of amides is 1. The van der Waals surface area contributed by atoms with Gasteiger partial charge >= 0.3 is 0 Å². The molecule has 0 spiro atoms. The molecule has 9 heteroatoms. The van der Waals surface area contributed by atoms with E-state index in [-0.39, 0.29) is 49.8 Å². The van der Waals surface area contributed by atoms with E-state index < -0.39 is 0 Å². The molecule has 0 aliphatic rings. The van der Waals surface area contributed by atoms with Crippen molar-refractivity contribution in [1.82, 2.24) is 4.98 Å². The van der Waals surface area contributed by atoms with Gasteiger partial charge in [0.2, 0.25) is 5.91 Å². The van der Waals surface area contributed by atoms with Crippen LogP contribution in [0.5, 0.6) is 5.75 Å². The van der Waals surface area contributed by atoms with Gasteiger partial charge in [-0.1, -0.05) is 17.7 Å². The van der Waals surface area contributed by atoms with Crippen molar-refractivity contribution in [2.24, 2.45) is 5.73 Å². The van der Waals surface area contributed by atoms with Crippen LogP contribution in [0.3, 0.4) is 0 Å². The number of rotatable bonds is 8. The molecule has 3 N–H and O–H groups in total. The van der Waals surface area contributed by atoms with Gasteiger partial charge in [-0.05, 0) is 24.3 Å². The van der Waals surface area contributed by atoms with Crippen molar-refractivity contribution in [3.05, 3.63) is 53.3 Å². The number of hydrogen-bond donors (Lipinski definition) is 2. The number of methoxy groups -OCH3 is 1. The number of benzene rings is 1. The molecule has 0 bridgehead atoms. The minimum absolute atomic E-state index is 0. The van der Waals surface area contributed by atoms with Crippen molar-refractivity contribution in [2.75, 3.05) is 19.0 Å². The van der Waals surface area contributed by atoms with Gasteiger partial charge in [-0.25, -0.2) is 0 Å². The maximum Gasteiger partial charge on any atom is 0.227 e. The molecule has 1 unspecified atom stereocenters. The number of halogens is 3. The summed E-state index contributed by atoms with van der Waals surface area (Å²) in [6.45, 7) is 0.650. The number of nitrogens with zero attached hydrogens (tertiary/aromatic N) is 1. The van der Waals surface area contributed by atoms with Gasteiger partial charge in [0.25, 0.3) is 0 Å². The number of aromatic nitrogens is 1. The summed E-state index contributed by atoms with van der Waals surface area (Å²) in [5.74, 6) is 0.350. The minimum atomic E-state index is -0.303. The van der Waals surface area contributed by atoms with Gasteiger partial charge in [0.1, 0.15) is 12.4 Å². The van der Waals surface area contributed by atoms with E-state index in [0.29, 0.717) is 23.1 Å². The Hall–Kier alpha value is -1.57. The zero-order chi connectivity index (χ0) is 17.4. The molecule has 0 saturated carbocycles. The van der Waals surface area contributed by atoms with Gasteiger partial charge in [-0.15, -0.1) is 24.8 Å². The van der Waals surface area contributed by atoms with Crippen molar-refractivity contribution in [3.8, 4) is 5.75 Å². The van der Waals surface area contributed by atoms with Crippen LogP contribution < -0.4 is 15.8 Å². The van der Waals surface area contributed by atoms with Crippen molar-refractivity contribution >= 4 is 48.0 Å². The monoisotopic (exact) mass is 421 g/mol. The number of hydrogen-bond acceptors (Lipinski definition) is 5. The highest BCUT2D eigenvalue weighted by Crippen LogP contribution is 2.28. The maximum absolute atomic E-state index is 11.9. The summed E-state index contributed by atoms with van der Waals surface area (Å²) in [5, 5.41) is 3.17. The third kappa shape index (κ3) is 7.76. The summed E-state index contributed by atoms with van der Waals surface area (Å²) in [6, 6.07) is 8.84. The molecule has 1 atom stereocenters. The normalized spacial score (nSPS) is 10.9. The number of nitrogens with one attached hydrogen (secondary N) is 1. The molecule has 2 rings (SSSR count). The molecule has 0 aliphatic carbocycles. The first kappa shape index (κ1) is 24.4. The van der Waals surface area contributed by atoms with Crippen LogP contribution in [-0.2, 0) is 16.1 Å². The lowest BCUT2D eigenvalue weighted by Crippen LogP contribution is -2.28. The fourth-order valence-electron chi connectivity index (χ4n) is 2.02. The first-order valence-corrected chi connectivity index (χ1v) is 7.84. The molecule has 1 aromatic carbocycles. The van der Waals surface area contributed by atoms with Crippen LogP contribution in [0.2, 0.25) is 5.02 Å². The average Bonchev–Trinajstić information content (AvgIpc) is 2.60. The second kappa shape index (κ2) is 12.7. The molecule has 1 amide bonds. The molecule has 26 heavy (non-hydrogen) atoms. The second-order valence-corrected chi connectivity index (χ2v) is 5.55. The molecule has 2 aromatic rings. The van der Waals surface area contributed by atoms with Crippen LogP contribution in [0.15, 0.2) is 42.7 Å². The Labute approximate surface area is 170 Å². The number of pyridine rings is 1. The van der Waals surface area contributed by atoms with E-state index in [2.05, 4.69) is 10.3 Å². The summed E-state index contributed by atoms with van der Waals surface area (Å²) < 4.78 is 10.7. The minimum Gasteiger partial charge on any atom is -0.487 e. The number of carbonyl (C=O) groups excluding carboxylic acids is 1. The zero-order valence-corrected chi connectivity index (χ0v) is 16.6. The molecular weight excluding hydrogens is 401 g/mol. The molecule has 144 valence electrons. The van der Waals surface area contributed by atoms with Gasteiger partial charge in [0, 0.05) is 37.3 Å². The van der Waals surface area contributed by atoms with Crippen LogP contribution in [-0.4, -0.2) is 30.6 Å². The molecular formula is C17H22Cl3N3O3. The Morgan fingerprint density at radius 1 is 1.35 bits per heavy atom. The lowest BCUT2D eigenvalue weighted by molar-refractivity contribution is -0.118. The third-order valence-corrected chi connectivity index (χ3v) is 3.64. The highest BCUT2D eigenvalue weighted by molar-refractivity contribution is 6.32. The highest BCUT2D eigenvalue weighted by Gasteiger charge is 2.12. The fourth-order valence-corrected chi connectivity index (χ4v) is 2.26. The summed E-state index contributed by atoms with van der Waals surface area (Å²) >= 11 is 6.20. The predicted octanol–water partition coefficient (Wildman–Crippen LogP) is 3.46. The summed E-state index contributed by atoms with van der Waals surface area (Å²) in [6.07, 6.45) is 3.31. The van der Waals surface area contributed by atoms with Crippen LogP contribution in [0.4, 0.5) is 5.69 Å². The van der Waals surface area contributed by atoms with Gasteiger partial charge in [-0.3, -0.25) is 9.78 Å². The number of nitrogens with two attached hydrogens (primary N) is 1. The Morgan fingerprint density at radius 2 is 2.12 bits per heavy atom. The van der Waals surface area contributed by atoms with E-state index in [4.69, 9.17) is 26.8 Å². The van der Waals surface area contributed by atoms with Crippen molar-refractivity contribution < 1.29 is 14.3 Å². The second-order valence-electron chi connectivity index (χ2n) is 5.14. The molecule has 1 heterocycles. The van der Waals surface area contributed by atoms with E-state index in [1.165, 1.54) is 7.11 Å².